The number of hydrogen-bond acceptors (Lipinski definition) is 4. The molecule has 1 aromatic rings. The first kappa shape index (κ1) is 16.7. The van der Waals surface area contributed by atoms with Crippen molar-refractivity contribution < 1.29 is 14.3 Å². The van der Waals surface area contributed by atoms with Crippen molar-refractivity contribution in [2.45, 2.75) is 40.2 Å². The Hall–Kier alpha value is -1.39. The maximum absolute atomic E-state index is 6.16. The molecule has 1 rings (SSSR count). The molecular weight excluding hydrogens is 278 g/mol. The number of benzene rings is 1. The molecule has 1 N–H and O–H groups in total. The lowest BCUT2D eigenvalue weighted by molar-refractivity contribution is 0.0720. The molecule has 0 saturated heterocycles. The van der Waals surface area contributed by atoms with Crippen LogP contribution in [0.3, 0.4) is 0 Å². The summed E-state index contributed by atoms with van der Waals surface area (Å²) in [6.07, 6.45) is 2.63. The second kappa shape index (κ2) is 8.72. The fraction of sp³-hybridized carbons (Fsp3) is 0.467. The lowest BCUT2D eigenvalue weighted by Gasteiger charge is -2.14. The molecule has 0 aromatic heterocycles. The summed E-state index contributed by atoms with van der Waals surface area (Å²) in [4.78, 5) is 5.04. The van der Waals surface area contributed by atoms with Crippen molar-refractivity contribution in [1.29, 1.82) is 0 Å². The molecule has 0 aliphatic heterocycles. The van der Waals surface area contributed by atoms with Crippen molar-refractivity contribution in [3.8, 4) is 11.5 Å². The topological polar surface area (TPSA) is 39.7 Å². The third kappa shape index (κ3) is 5.72. The van der Waals surface area contributed by atoms with E-state index in [0.29, 0.717) is 23.1 Å². The molecule has 4 nitrogen and oxygen atoms in total. The second-order valence-electron chi connectivity index (χ2n) is 4.38. The summed E-state index contributed by atoms with van der Waals surface area (Å²) in [5.74, 6) is 1.31. The molecule has 1 atom stereocenters. The van der Waals surface area contributed by atoms with Gasteiger partial charge in [-0.3, -0.25) is 10.3 Å². The molecule has 1 unspecified atom stereocenters. The Morgan fingerprint density at radius 3 is 2.75 bits per heavy atom. The number of nitrogens with one attached hydrogen (secondary N) is 1. The van der Waals surface area contributed by atoms with Gasteiger partial charge in [0.25, 0.3) is 0 Å². The van der Waals surface area contributed by atoms with Gasteiger partial charge in [-0.15, -0.1) is 0 Å². The number of halogens is 1. The molecule has 0 heterocycles. The van der Waals surface area contributed by atoms with Gasteiger partial charge in [-0.25, -0.2) is 0 Å². The fourth-order valence-electron chi connectivity index (χ4n) is 1.32. The minimum Gasteiger partial charge on any atom is -0.489 e. The van der Waals surface area contributed by atoms with E-state index in [2.05, 4.69) is 12.4 Å². The molecule has 0 radical (unpaired) electrons. The molecule has 5 heteroatoms. The summed E-state index contributed by atoms with van der Waals surface area (Å²) < 4.78 is 11.2. The first-order chi connectivity index (χ1) is 9.56. The van der Waals surface area contributed by atoms with Gasteiger partial charge >= 0.3 is 0 Å². The molecule has 20 heavy (non-hydrogen) atoms. The molecular formula is C15H22ClNO3. The number of hydroxylamine groups is 1. The van der Waals surface area contributed by atoms with E-state index in [1.165, 1.54) is 0 Å². The molecule has 0 bridgehead atoms. The molecule has 1 aromatic carbocycles. The van der Waals surface area contributed by atoms with Gasteiger partial charge in [0, 0.05) is 6.07 Å². The predicted molar refractivity (Wildman–Crippen MR) is 81.0 cm³/mol. The van der Waals surface area contributed by atoms with Crippen molar-refractivity contribution in [3.63, 3.8) is 0 Å². The van der Waals surface area contributed by atoms with Crippen LogP contribution >= 0.6 is 11.6 Å². The van der Waals surface area contributed by atoms with Gasteiger partial charge in [0.2, 0.25) is 0 Å². The minimum atomic E-state index is 0.136. The van der Waals surface area contributed by atoms with E-state index in [4.69, 9.17) is 25.9 Å². The van der Waals surface area contributed by atoms with E-state index >= 15 is 0 Å². The fourth-order valence-corrected chi connectivity index (χ4v) is 1.53. The number of hydrogen-bond donors (Lipinski definition) is 1. The van der Waals surface area contributed by atoms with Gasteiger partial charge in [-0.1, -0.05) is 18.5 Å². The average Bonchev–Trinajstić information content (AvgIpc) is 2.45. The third-order valence-corrected chi connectivity index (χ3v) is 2.85. The van der Waals surface area contributed by atoms with Crippen molar-refractivity contribution in [2.75, 3.05) is 6.61 Å². The van der Waals surface area contributed by atoms with E-state index in [1.807, 2.05) is 32.9 Å². The Morgan fingerprint density at radius 2 is 2.15 bits per heavy atom. The van der Waals surface area contributed by atoms with E-state index < -0.39 is 0 Å². The Bertz CT molecular complexity index is 449. The van der Waals surface area contributed by atoms with Gasteiger partial charge in [0.15, 0.2) is 0 Å². The monoisotopic (exact) mass is 299 g/mol. The Labute approximate surface area is 125 Å². The maximum atomic E-state index is 6.16. The van der Waals surface area contributed by atoms with Crippen LogP contribution in [0.1, 0.15) is 34.1 Å². The largest absolute Gasteiger partial charge is 0.489 e. The normalized spacial score (nSPS) is 12.9. The summed E-state index contributed by atoms with van der Waals surface area (Å²) >= 11 is 6.16. The molecule has 0 aliphatic rings. The number of allylic oxidation sites excluding steroid dienone is 1. The minimum absolute atomic E-state index is 0.136. The third-order valence-electron chi connectivity index (χ3n) is 2.56. The second-order valence-corrected chi connectivity index (χ2v) is 4.79. The molecule has 0 aliphatic carbocycles. The van der Waals surface area contributed by atoms with Crippen LogP contribution in [0.15, 0.2) is 30.2 Å². The van der Waals surface area contributed by atoms with Crippen LogP contribution in [0.2, 0.25) is 5.02 Å². The lowest BCUT2D eigenvalue weighted by Crippen LogP contribution is -2.12. The zero-order chi connectivity index (χ0) is 15.0. The Morgan fingerprint density at radius 1 is 1.40 bits per heavy atom. The van der Waals surface area contributed by atoms with Gasteiger partial charge < -0.3 is 9.47 Å². The van der Waals surface area contributed by atoms with E-state index in [9.17, 15) is 0 Å². The van der Waals surface area contributed by atoms with Gasteiger partial charge in [-0.2, -0.15) is 0 Å². The molecule has 112 valence electrons. The van der Waals surface area contributed by atoms with Crippen LogP contribution in [0.25, 0.3) is 0 Å². The van der Waals surface area contributed by atoms with E-state index in [1.54, 1.807) is 12.3 Å². The summed E-state index contributed by atoms with van der Waals surface area (Å²) in [5, 5.41) is 0.534. The van der Waals surface area contributed by atoms with Crippen LogP contribution in [0.5, 0.6) is 11.5 Å². The van der Waals surface area contributed by atoms with Crippen molar-refractivity contribution in [1.82, 2.24) is 5.48 Å². The Kier molecular flexibility index (Phi) is 7.26. The average molecular weight is 300 g/mol. The Balaban J connectivity index is 2.63. The highest BCUT2D eigenvalue weighted by Gasteiger charge is 2.07. The van der Waals surface area contributed by atoms with Crippen LogP contribution in [-0.4, -0.2) is 12.7 Å². The summed E-state index contributed by atoms with van der Waals surface area (Å²) in [7, 11) is 0. The van der Waals surface area contributed by atoms with Crippen molar-refractivity contribution in [3.05, 3.63) is 35.2 Å². The predicted octanol–water partition coefficient (Wildman–Crippen LogP) is 4.30. The zero-order valence-electron chi connectivity index (χ0n) is 12.4. The highest BCUT2D eigenvalue weighted by Crippen LogP contribution is 2.30. The maximum Gasteiger partial charge on any atom is 0.138 e. The molecule has 0 amide bonds. The lowest BCUT2D eigenvalue weighted by atomic mass is 10.3. The molecule has 0 spiro atoms. The number of ether oxygens (including phenoxy) is 2. The molecule has 0 saturated carbocycles. The van der Waals surface area contributed by atoms with Crippen LogP contribution < -0.4 is 15.0 Å². The van der Waals surface area contributed by atoms with Gasteiger partial charge in [0.1, 0.15) is 17.8 Å². The highest BCUT2D eigenvalue weighted by molar-refractivity contribution is 6.32. The quantitative estimate of drug-likeness (QED) is 0.574. The highest BCUT2D eigenvalue weighted by atomic mass is 35.5. The van der Waals surface area contributed by atoms with Crippen LogP contribution in [-0.2, 0) is 4.84 Å². The summed E-state index contributed by atoms with van der Waals surface area (Å²) in [5.41, 5.74) is 3.51. The van der Waals surface area contributed by atoms with E-state index in [0.717, 1.165) is 12.1 Å². The van der Waals surface area contributed by atoms with Crippen molar-refractivity contribution in [2.24, 2.45) is 0 Å². The smallest absolute Gasteiger partial charge is 0.138 e. The summed E-state index contributed by atoms with van der Waals surface area (Å²) in [6.45, 7) is 8.40. The van der Waals surface area contributed by atoms with Gasteiger partial charge in [0.05, 0.1) is 23.4 Å². The number of rotatable bonds is 8. The first-order valence-electron chi connectivity index (χ1n) is 6.74. The SMILES string of the molecule is CCONC(C)=COc1ccc(OC(C)CC)c(Cl)c1. The standard InChI is InChI=1S/C15H22ClNO3/c1-5-12(4)20-15-8-7-13(9-14(15)16)18-10-11(3)17-19-6-2/h7-10,12,17H,5-6H2,1-4H3. The zero-order valence-corrected chi connectivity index (χ0v) is 13.2. The first-order valence-corrected chi connectivity index (χ1v) is 7.12. The molecule has 0 fully saturated rings. The van der Waals surface area contributed by atoms with Crippen molar-refractivity contribution >= 4 is 11.6 Å². The summed E-state index contributed by atoms with van der Waals surface area (Å²) in [6, 6.07) is 5.35. The van der Waals surface area contributed by atoms with E-state index in [-0.39, 0.29) is 6.10 Å². The van der Waals surface area contributed by atoms with Crippen LogP contribution in [0.4, 0.5) is 0 Å². The van der Waals surface area contributed by atoms with Gasteiger partial charge in [-0.05, 0) is 39.3 Å². The van der Waals surface area contributed by atoms with Crippen LogP contribution in [0, 0.1) is 0 Å².